The molecule has 3 rings (SSSR count). The lowest BCUT2D eigenvalue weighted by atomic mass is 10.0. The molecule has 162 valence electrons. The molecule has 0 aliphatic carbocycles. The van der Waals surface area contributed by atoms with Crippen LogP contribution in [0.1, 0.15) is 21.5 Å². The van der Waals surface area contributed by atoms with Gasteiger partial charge in [0.15, 0.2) is 0 Å². The fraction of sp³-hybridized carbons (Fsp3) is 0.190. The zero-order chi connectivity index (χ0) is 22.8. The van der Waals surface area contributed by atoms with E-state index in [2.05, 4.69) is 5.32 Å². The molecule has 0 aliphatic rings. The second kappa shape index (κ2) is 8.50. The second-order valence-corrected chi connectivity index (χ2v) is 6.66. The van der Waals surface area contributed by atoms with Crippen LogP contribution in [0, 0.1) is 0 Å². The van der Waals surface area contributed by atoms with E-state index in [1.807, 2.05) is 0 Å². The lowest BCUT2D eigenvalue weighted by Crippen LogP contribution is -2.46. The summed E-state index contributed by atoms with van der Waals surface area (Å²) in [5.74, 6) is -1.21. The largest absolute Gasteiger partial charge is 0.497 e. The first-order valence-electron chi connectivity index (χ1n) is 8.96. The molecule has 31 heavy (non-hydrogen) atoms. The summed E-state index contributed by atoms with van der Waals surface area (Å²) >= 11 is 0. The summed E-state index contributed by atoms with van der Waals surface area (Å²) < 4.78 is 48.3. The fourth-order valence-corrected chi connectivity index (χ4v) is 3.00. The highest BCUT2D eigenvalue weighted by Gasteiger charge is 2.30. The number of hydrogen-bond acceptors (Lipinski definition) is 5. The maximum absolute atomic E-state index is 12.7. The standard InChI is InChI=1S/C21H17F3N2O5/c1-30-14-6-7-15-12(9-18(27)31-17(15)10-14)8-16(19(25)28)26-20(29)11-2-4-13(5-3-11)21(22,23)24/h2-7,9-10,16H,8H2,1H3,(H2,25,28)(H,26,29)/t16-/m1/s1. The van der Waals surface area contributed by atoms with E-state index < -0.39 is 35.2 Å². The van der Waals surface area contributed by atoms with E-state index in [9.17, 15) is 27.6 Å². The van der Waals surface area contributed by atoms with E-state index in [1.165, 1.54) is 19.2 Å². The predicted molar refractivity (Wildman–Crippen MR) is 105 cm³/mol. The molecule has 0 saturated heterocycles. The summed E-state index contributed by atoms with van der Waals surface area (Å²) in [5, 5.41) is 2.90. The summed E-state index contributed by atoms with van der Waals surface area (Å²) in [4.78, 5) is 36.3. The number of carbonyl (C=O) groups excluding carboxylic acids is 2. The van der Waals surface area contributed by atoms with Gasteiger partial charge in [-0.15, -0.1) is 0 Å². The van der Waals surface area contributed by atoms with Gasteiger partial charge < -0.3 is 20.2 Å². The molecular weight excluding hydrogens is 417 g/mol. The Morgan fingerprint density at radius 2 is 1.81 bits per heavy atom. The van der Waals surface area contributed by atoms with Gasteiger partial charge in [0.05, 0.1) is 12.7 Å². The number of nitrogens with one attached hydrogen (secondary N) is 1. The molecule has 1 heterocycles. The molecule has 7 nitrogen and oxygen atoms in total. The second-order valence-electron chi connectivity index (χ2n) is 6.66. The quantitative estimate of drug-likeness (QED) is 0.580. The average molecular weight is 434 g/mol. The van der Waals surface area contributed by atoms with Crippen LogP contribution in [0.5, 0.6) is 5.75 Å². The van der Waals surface area contributed by atoms with Crippen molar-refractivity contribution in [3.8, 4) is 5.75 Å². The zero-order valence-electron chi connectivity index (χ0n) is 16.2. The third-order valence-electron chi connectivity index (χ3n) is 4.58. The number of halogens is 3. The van der Waals surface area contributed by atoms with Gasteiger partial charge in [0, 0.05) is 29.5 Å². The molecule has 0 aliphatic heterocycles. The Hall–Kier alpha value is -3.82. The number of alkyl halides is 3. The van der Waals surface area contributed by atoms with Crippen molar-refractivity contribution in [2.75, 3.05) is 7.11 Å². The number of nitrogens with two attached hydrogens (primary N) is 1. The number of benzene rings is 2. The van der Waals surface area contributed by atoms with Crippen LogP contribution in [0.15, 0.2) is 57.7 Å². The van der Waals surface area contributed by atoms with Crippen LogP contribution >= 0.6 is 0 Å². The van der Waals surface area contributed by atoms with E-state index in [-0.39, 0.29) is 17.6 Å². The summed E-state index contributed by atoms with van der Waals surface area (Å²) in [6.07, 6.45) is -4.67. The summed E-state index contributed by atoms with van der Waals surface area (Å²) in [7, 11) is 1.45. The Labute approximate surface area is 173 Å². The van der Waals surface area contributed by atoms with Gasteiger partial charge in [-0.1, -0.05) is 0 Å². The van der Waals surface area contributed by atoms with Gasteiger partial charge in [-0.25, -0.2) is 4.79 Å². The molecule has 0 unspecified atom stereocenters. The van der Waals surface area contributed by atoms with Gasteiger partial charge in [0.1, 0.15) is 17.4 Å². The van der Waals surface area contributed by atoms with Crippen LogP contribution in [-0.2, 0) is 17.4 Å². The van der Waals surface area contributed by atoms with E-state index in [1.54, 1.807) is 12.1 Å². The van der Waals surface area contributed by atoms with Crippen molar-refractivity contribution in [2.24, 2.45) is 5.73 Å². The van der Waals surface area contributed by atoms with Crippen LogP contribution in [0.2, 0.25) is 0 Å². The summed E-state index contributed by atoms with van der Waals surface area (Å²) in [5.41, 5.74) is 4.35. The van der Waals surface area contributed by atoms with Crippen molar-refractivity contribution in [1.29, 1.82) is 0 Å². The molecular formula is C21H17F3N2O5. The number of carbonyl (C=O) groups is 2. The van der Waals surface area contributed by atoms with Crippen LogP contribution < -0.4 is 21.4 Å². The number of amides is 2. The maximum atomic E-state index is 12.7. The molecule has 2 aromatic carbocycles. The van der Waals surface area contributed by atoms with Gasteiger partial charge in [-0.2, -0.15) is 13.2 Å². The van der Waals surface area contributed by atoms with E-state index in [0.717, 1.165) is 24.3 Å². The van der Waals surface area contributed by atoms with Crippen molar-refractivity contribution in [3.05, 3.63) is 75.6 Å². The fourth-order valence-electron chi connectivity index (χ4n) is 3.00. The SMILES string of the molecule is COc1ccc2c(C[C@@H](NC(=O)c3ccc(C(F)(F)F)cc3)C(N)=O)cc(=O)oc2c1. The molecule has 1 atom stereocenters. The van der Waals surface area contributed by atoms with Crippen molar-refractivity contribution in [1.82, 2.24) is 5.32 Å². The summed E-state index contributed by atoms with van der Waals surface area (Å²) in [6, 6.07) is 8.23. The van der Waals surface area contributed by atoms with Crippen LogP contribution in [0.4, 0.5) is 13.2 Å². The van der Waals surface area contributed by atoms with Crippen molar-refractivity contribution >= 4 is 22.8 Å². The van der Waals surface area contributed by atoms with Crippen LogP contribution in [0.3, 0.4) is 0 Å². The van der Waals surface area contributed by atoms with E-state index in [4.69, 9.17) is 14.9 Å². The summed E-state index contributed by atoms with van der Waals surface area (Å²) in [6.45, 7) is 0. The van der Waals surface area contributed by atoms with Gasteiger partial charge in [-0.05, 0) is 42.0 Å². The Morgan fingerprint density at radius 3 is 2.39 bits per heavy atom. The smallest absolute Gasteiger partial charge is 0.416 e. The molecule has 10 heteroatoms. The highest BCUT2D eigenvalue weighted by atomic mass is 19.4. The minimum atomic E-state index is -4.54. The van der Waals surface area contributed by atoms with Crippen molar-refractivity contribution in [2.45, 2.75) is 18.6 Å². The first kappa shape index (κ1) is 21.9. The lowest BCUT2D eigenvalue weighted by Gasteiger charge is -2.17. The third kappa shape index (κ3) is 5.03. The molecule has 3 N–H and O–H groups in total. The van der Waals surface area contributed by atoms with Crippen molar-refractivity contribution < 1.29 is 31.9 Å². The highest BCUT2D eigenvalue weighted by molar-refractivity contribution is 5.97. The van der Waals surface area contributed by atoms with Gasteiger partial charge >= 0.3 is 11.8 Å². The first-order chi connectivity index (χ1) is 14.6. The molecule has 0 fully saturated rings. The Balaban J connectivity index is 1.86. The molecule has 0 spiro atoms. The monoisotopic (exact) mass is 434 g/mol. The van der Waals surface area contributed by atoms with Crippen LogP contribution in [0.25, 0.3) is 11.0 Å². The first-order valence-corrected chi connectivity index (χ1v) is 8.96. The molecule has 0 saturated carbocycles. The molecule has 0 bridgehead atoms. The van der Waals surface area contributed by atoms with E-state index in [0.29, 0.717) is 16.7 Å². The van der Waals surface area contributed by atoms with Gasteiger partial charge in [0.2, 0.25) is 5.91 Å². The Morgan fingerprint density at radius 1 is 1.13 bits per heavy atom. The third-order valence-corrected chi connectivity index (χ3v) is 4.58. The number of hydrogen-bond donors (Lipinski definition) is 2. The van der Waals surface area contributed by atoms with E-state index >= 15 is 0 Å². The Kier molecular flexibility index (Phi) is 6.00. The average Bonchev–Trinajstić information content (AvgIpc) is 2.71. The number of ether oxygens (including phenoxy) is 1. The number of primary amides is 1. The number of rotatable bonds is 6. The minimum absolute atomic E-state index is 0.0820. The zero-order valence-corrected chi connectivity index (χ0v) is 16.2. The lowest BCUT2D eigenvalue weighted by molar-refractivity contribution is -0.137. The normalized spacial score (nSPS) is 12.4. The Bertz CT molecular complexity index is 1190. The minimum Gasteiger partial charge on any atom is -0.497 e. The molecule has 3 aromatic rings. The van der Waals surface area contributed by atoms with Crippen LogP contribution in [-0.4, -0.2) is 25.0 Å². The maximum Gasteiger partial charge on any atom is 0.416 e. The van der Waals surface area contributed by atoms with Gasteiger partial charge in [0.25, 0.3) is 5.91 Å². The number of fused-ring (bicyclic) bond motifs is 1. The highest BCUT2D eigenvalue weighted by Crippen LogP contribution is 2.29. The van der Waals surface area contributed by atoms with Crippen molar-refractivity contribution in [3.63, 3.8) is 0 Å². The molecule has 0 radical (unpaired) electrons. The molecule has 1 aromatic heterocycles. The van der Waals surface area contributed by atoms with Gasteiger partial charge in [-0.3, -0.25) is 9.59 Å². The molecule has 2 amide bonds. The topological polar surface area (TPSA) is 112 Å². The number of methoxy groups -OCH3 is 1. The predicted octanol–water partition coefficient (Wildman–Crippen LogP) is 2.65.